The van der Waals surface area contributed by atoms with Gasteiger partial charge in [0.15, 0.2) is 22.9 Å². The lowest BCUT2D eigenvalue weighted by Crippen LogP contribution is -2.41. The molecule has 0 saturated carbocycles. The number of hydrogen-bond donors (Lipinski definition) is 1. The highest BCUT2D eigenvalue weighted by Gasteiger charge is 2.50. The molecule has 164 valence electrons. The van der Waals surface area contributed by atoms with E-state index in [1.54, 1.807) is 41.3 Å². The van der Waals surface area contributed by atoms with Gasteiger partial charge in [-0.1, -0.05) is 42.5 Å². The molecule has 0 unspecified atom stereocenters. The number of nitrogens with zero attached hydrogens (tertiary/aromatic N) is 1. The quantitative estimate of drug-likeness (QED) is 0.572. The Bertz CT molecular complexity index is 1190. The van der Waals surface area contributed by atoms with E-state index >= 15 is 0 Å². The molecular formula is C26H25NO5. The van der Waals surface area contributed by atoms with E-state index in [1.165, 1.54) is 14.2 Å². The third-order valence-electron chi connectivity index (χ3n) is 5.95. The van der Waals surface area contributed by atoms with E-state index in [9.17, 15) is 14.7 Å². The van der Waals surface area contributed by atoms with Crippen LogP contribution >= 0.6 is 0 Å². The van der Waals surface area contributed by atoms with Gasteiger partial charge in [0.2, 0.25) is 0 Å². The number of ether oxygens (including phenoxy) is 2. The zero-order valence-electron chi connectivity index (χ0n) is 18.3. The average molecular weight is 431 g/mol. The van der Waals surface area contributed by atoms with Gasteiger partial charge in [-0.3, -0.25) is 9.59 Å². The van der Waals surface area contributed by atoms with Crippen LogP contribution in [0.1, 0.15) is 33.5 Å². The van der Waals surface area contributed by atoms with Crippen LogP contribution in [0, 0.1) is 6.92 Å². The molecule has 3 aromatic rings. The van der Waals surface area contributed by atoms with Crippen LogP contribution in [0.25, 0.3) is 0 Å². The number of aliphatic hydroxyl groups is 1. The minimum absolute atomic E-state index is 0.315. The molecule has 3 aromatic carbocycles. The van der Waals surface area contributed by atoms with Crippen LogP contribution in [0.2, 0.25) is 0 Å². The van der Waals surface area contributed by atoms with Crippen molar-refractivity contribution in [3.8, 4) is 11.5 Å². The molecule has 6 nitrogen and oxygen atoms in total. The van der Waals surface area contributed by atoms with Crippen molar-refractivity contribution in [1.29, 1.82) is 0 Å². The zero-order chi connectivity index (χ0) is 22.9. The number of methoxy groups -OCH3 is 2. The maximum atomic E-state index is 13.5. The molecule has 32 heavy (non-hydrogen) atoms. The van der Waals surface area contributed by atoms with Crippen LogP contribution in [0.5, 0.6) is 11.5 Å². The van der Waals surface area contributed by atoms with Crippen molar-refractivity contribution in [2.45, 2.75) is 25.5 Å². The van der Waals surface area contributed by atoms with Crippen molar-refractivity contribution in [2.75, 3.05) is 19.1 Å². The molecule has 1 heterocycles. The SMILES string of the molecule is COc1ccc(C(=O)C[C@]2(O)C(=O)N(Cc3ccccc3C)c3ccccc32)cc1OC. The van der Waals surface area contributed by atoms with Crippen LogP contribution in [-0.2, 0) is 16.9 Å². The lowest BCUT2D eigenvalue weighted by molar-refractivity contribution is -0.136. The number of carbonyl (C=O) groups excluding carboxylic acids is 2. The van der Waals surface area contributed by atoms with E-state index in [-0.39, 0.29) is 12.2 Å². The van der Waals surface area contributed by atoms with Gasteiger partial charge in [0, 0.05) is 11.1 Å². The number of amides is 1. The van der Waals surface area contributed by atoms with E-state index in [0.717, 1.165) is 11.1 Å². The first-order valence-electron chi connectivity index (χ1n) is 10.3. The second kappa shape index (κ2) is 8.48. The Morgan fingerprint density at radius 1 is 0.969 bits per heavy atom. The average Bonchev–Trinajstić information content (AvgIpc) is 3.01. The lowest BCUT2D eigenvalue weighted by atomic mass is 9.88. The molecule has 0 fully saturated rings. The number of carbonyl (C=O) groups is 2. The standard InChI is InChI=1S/C26H25NO5/c1-17-8-4-5-9-19(17)16-27-21-11-7-6-10-20(21)26(30,25(27)29)15-22(28)18-12-13-23(31-2)24(14-18)32-3/h4-14,30H,15-16H2,1-3H3/t26-/m1/s1. The monoisotopic (exact) mass is 431 g/mol. The summed E-state index contributed by atoms with van der Waals surface area (Å²) in [4.78, 5) is 28.1. The van der Waals surface area contributed by atoms with Crippen LogP contribution in [-0.4, -0.2) is 31.0 Å². The van der Waals surface area contributed by atoms with Gasteiger partial charge in [-0.05, 0) is 42.3 Å². The van der Waals surface area contributed by atoms with Crippen molar-refractivity contribution >= 4 is 17.4 Å². The van der Waals surface area contributed by atoms with Crippen molar-refractivity contribution in [3.63, 3.8) is 0 Å². The first-order chi connectivity index (χ1) is 15.4. The Labute approximate surface area is 187 Å². The predicted octanol–water partition coefficient (Wildman–Crippen LogP) is 4.02. The fourth-order valence-corrected chi connectivity index (χ4v) is 4.14. The van der Waals surface area contributed by atoms with Gasteiger partial charge >= 0.3 is 0 Å². The molecule has 0 bridgehead atoms. The molecule has 0 saturated heterocycles. The molecule has 0 radical (unpaired) electrons. The number of anilines is 1. The summed E-state index contributed by atoms with van der Waals surface area (Å²) in [6.07, 6.45) is -0.372. The highest BCUT2D eigenvalue weighted by atomic mass is 16.5. The number of hydrogen-bond acceptors (Lipinski definition) is 5. The van der Waals surface area contributed by atoms with Crippen LogP contribution < -0.4 is 14.4 Å². The van der Waals surface area contributed by atoms with Gasteiger partial charge in [-0.15, -0.1) is 0 Å². The maximum absolute atomic E-state index is 13.5. The summed E-state index contributed by atoms with van der Waals surface area (Å²) in [5.74, 6) is 0.0317. The number of fused-ring (bicyclic) bond motifs is 1. The summed E-state index contributed by atoms with van der Waals surface area (Å²) in [5.41, 5.74) is 1.47. The zero-order valence-corrected chi connectivity index (χ0v) is 18.3. The molecule has 1 aliphatic rings. The van der Waals surface area contributed by atoms with E-state index in [4.69, 9.17) is 9.47 Å². The number of rotatable bonds is 7. The first kappa shape index (κ1) is 21.6. The second-order valence-corrected chi connectivity index (χ2v) is 7.86. The molecule has 1 amide bonds. The van der Waals surface area contributed by atoms with Crippen LogP contribution in [0.4, 0.5) is 5.69 Å². The van der Waals surface area contributed by atoms with E-state index in [2.05, 4.69) is 0 Å². The molecule has 1 N–H and O–H groups in total. The van der Waals surface area contributed by atoms with Gasteiger partial charge in [0.1, 0.15) is 0 Å². The van der Waals surface area contributed by atoms with E-state index in [0.29, 0.717) is 34.9 Å². The number of para-hydroxylation sites is 1. The Kier molecular flexibility index (Phi) is 5.72. The molecule has 0 aromatic heterocycles. The number of ketones is 1. The third kappa shape index (κ3) is 3.63. The largest absolute Gasteiger partial charge is 0.493 e. The van der Waals surface area contributed by atoms with Crippen molar-refractivity contribution in [1.82, 2.24) is 0 Å². The highest BCUT2D eigenvalue weighted by Crippen LogP contribution is 2.44. The smallest absolute Gasteiger partial charge is 0.264 e. The topological polar surface area (TPSA) is 76.1 Å². The normalized spacial score (nSPS) is 17.2. The molecular weight excluding hydrogens is 406 g/mol. The molecule has 1 atom stereocenters. The van der Waals surface area contributed by atoms with E-state index < -0.39 is 11.5 Å². The Morgan fingerprint density at radius 2 is 1.66 bits per heavy atom. The molecule has 6 heteroatoms. The minimum Gasteiger partial charge on any atom is -0.493 e. The summed E-state index contributed by atoms with van der Waals surface area (Å²) >= 11 is 0. The third-order valence-corrected chi connectivity index (χ3v) is 5.95. The van der Waals surface area contributed by atoms with Crippen LogP contribution in [0.15, 0.2) is 66.7 Å². The fraction of sp³-hybridized carbons (Fsp3) is 0.231. The molecule has 1 aliphatic heterocycles. The van der Waals surface area contributed by atoms with Crippen molar-refractivity contribution in [2.24, 2.45) is 0 Å². The highest BCUT2D eigenvalue weighted by molar-refractivity contribution is 6.10. The number of Topliss-reactive ketones (excluding diaryl/α,β-unsaturated/α-hetero) is 1. The first-order valence-corrected chi connectivity index (χ1v) is 10.3. The van der Waals surface area contributed by atoms with Crippen LogP contribution in [0.3, 0.4) is 0 Å². The lowest BCUT2D eigenvalue weighted by Gasteiger charge is -2.23. The summed E-state index contributed by atoms with van der Waals surface area (Å²) in [6, 6.07) is 19.7. The van der Waals surface area contributed by atoms with Crippen molar-refractivity contribution in [3.05, 3.63) is 89.0 Å². The Hall–Kier alpha value is -3.64. The molecule has 0 aliphatic carbocycles. The van der Waals surface area contributed by atoms with E-state index in [1.807, 2.05) is 37.3 Å². The summed E-state index contributed by atoms with van der Waals surface area (Å²) in [5, 5.41) is 11.5. The fourth-order valence-electron chi connectivity index (χ4n) is 4.14. The second-order valence-electron chi connectivity index (χ2n) is 7.86. The predicted molar refractivity (Wildman–Crippen MR) is 121 cm³/mol. The summed E-state index contributed by atoms with van der Waals surface area (Å²) < 4.78 is 10.5. The molecule has 4 rings (SSSR count). The van der Waals surface area contributed by atoms with Gasteiger partial charge in [0.25, 0.3) is 5.91 Å². The Balaban J connectivity index is 1.67. The molecule has 0 spiro atoms. The number of benzene rings is 3. The number of aryl methyl sites for hydroxylation is 1. The van der Waals surface area contributed by atoms with Gasteiger partial charge in [-0.2, -0.15) is 0 Å². The van der Waals surface area contributed by atoms with Crippen molar-refractivity contribution < 1.29 is 24.2 Å². The Morgan fingerprint density at radius 3 is 2.38 bits per heavy atom. The van der Waals surface area contributed by atoms with Gasteiger partial charge < -0.3 is 19.5 Å². The summed E-state index contributed by atoms with van der Waals surface area (Å²) in [6.45, 7) is 2.30. The van der Waals surface area contributed by atoms with Gasteiger partial charge in [0.05, 0.1) is 32.9 Å². The summed E-state index contributed by atoms with van der Waals surface area (Å²) in [7, 11) is 3.00. The minimum atomic E-state index is -1.94. The maximum Gasteiger partial charge on any atom is 0.264 e. The van der Waals surface area contributed by atoms with Gasteiger partial charge in [-0.25, -0.2) is 0 Å².